The molecule has 0 radical (unpaired) electrons. The highest BCUT2D eigenvalue weighted by molar-refractivity contribution is 7.20. The average Bonchev–Trinajstić information content (AvgIpc) is 2.88. The molecule has 0 fully saturated rings. The van der Waals surface area contributed by atoms with Crippen molar-refractivity contribution < 1.29 is 9.18 Å². The zero-order valence-electron chi connectivity index (χ0n) is 11.7. The topological polar surface area (TPSA) is 55.1 Å². The molecule has 5 heteroatoms. The van der Waals surface area contributed by atoms with Gasteiger partial charge in [-0.1, -0.05) is 13.8 Å². The lowest BCUT2D eigenvalue weighted by Gasteiger charge is -2.31. The van der Waals surface area contributed by atoms with E-state index < -0.39 is 0 Å². The third-order valence-corrected chi connectivity index (χ3v) is 4.94. The molecule has 1 aromatic heterocycles. The Morgan fingerprint density at radius 1 is 1.35 bits per heavy atom. The Balaban J connectivity index is 2.27. The molecule has 3 N–H and O–H groups in total. The number of nitrogens with two attached hydrogens (primary N) is 1. The zero-order chi connectivity index (χ0) is 14.8. The number of halogens is 1. The van der Waals surface area contributed by atoms with Gasteiger partial charge in [-0.3, -0.25) is 4.79 Å². The molecule has 3 nitrogen and oxygen atoms in total. The fraction of sp³-hybridized carbons (Fsp3) is 0.400. The predicted molar refractivity (Wildman–Crippen MR) is 81.6 cm³/mol. The van der Waals surface area contributed by atoms with Gasteiger partial charge < -0.3 is 11.1 Å². The van der Waals surface area contributed by atoms with Gasteiger partial charge in [0.05, 0.1) is 10.4 Å². The maximum Gasteiger partial charge on any atom is 0.261 e. The zero-order valence-corrected chi connectivity index (χ0v) is 12.5. The van der Waals surface area contributed by atoms with E-state index in [9.17, 15) is 9.18 Å². The van der Waals surface area contributed by atoms with E-state index >= 15 is 0 Å². The molecule has 20 heavy (non-hydrogen) atoms. The lowest BCUT2D eigenvalue weighted by atomic mass is 9.93. The van der Waals surface area contributed by atoms with Crippen LogP contribution in [0.4, 0.5) is 4.39 Å². The van der Waals surface area contributed by atoms with Crippen LogP contribution >= 0.6 is 11.3 Å². The Morgan fingerprint density at radius 2 is 2.05 bits per heavy atom. The predicted octanol–water partition coefficient (Wildman–Crippen LogP) is 3.29. The maximum atomic E-state index is 13.2. The smallest absolute Gasteiger partial charge is 0.261 e. The highest BCUT2D eigenvalue weighted by Crippen LogP contribution is 2.27. The lowest BCUT2D eigenvalue weighted by Crippen LogP contribution is -2.52. The Hall–Kier alpha value is -1.46. The summed E-state index contributed by atoms with van der Waals surface area (Å²) in [6, 6.07) is 6.27. The van der Waals surface area contributed by atoms with Gasteiger partial charge in [0.1, 0.15) is 5.82 Å². The average molecular weight is 294 g/mol. The summed E-state index contributed by atoms with van der Waals surface area (Å²) < 4.78 is 14.1. The summed E-state index contributed by atoms with van der Waals surface area (Å²) in [6.45, 7) is 4.43. The van der Waals surface area contributed by atoms with Crippen molar-refractivity contribution in [1.82, 2.24) is 5.32 Å². The molecular formula is C15H19FN2OS. The van der Waals surface area contributed by atoms with Crippen LogP contribution < -0.4 is 11.1 Å². The number of hydrogen-bond acceptors (Lipinski definition) is 3. The minimum Gasteiger partial charge on any atom is -0.345 e. The molecule has 0 bridgehead atoms. The van der Waals surface area contributed by atoms with E-state index in [0.29, 0.717) is 11.4 Å². The molecule has 0 aliphatic rings. The minimum absolute atomic E-state index is 0.138. The van der Waals surface area contributed by atoms with E-state index in [1.165, 1.54) is 23.5 Å². The van der Waals surface area contributed by atoms with Crippen molar-refractivity contribution in [2.45, 2.75) is 32.2 Å². The number of carbonyl (C=O) groups is 1. The normalized spacial score (nSPS) is 11.8. The van der Waals surface area contributed by atoms with Crippen molar-refractivity contribution >= 4 is 27.3 Å². The fourth-order valence-corrected chi connectivity index (χ4v) is 3.13. The van der Waals surface area contributed by atoms with Crippen LogP contribution in [0.3, 0.4) is 0 Å². The number of nitrogens with one attached hydrogen (secondary N) is 1. The van der Waals surface area contributed by atoms with Crippen molar-refractivity contribution in [3.8, 4) is 0 Å². The molecule has 0 aliphatic heterocycles. The third-order valence-electron chi connectivity index (χ3n) is 3.83. The first-order valence-corrected chi connectivity index (χ1v) is 7.57. The Kier molecular flexibility index (Phi) is 4.40. The summed E-state index contributed by atoms with van der Waals surface area (Å²) in [5, 5.41) is 3.78. The molecule has 0 saturated heterocycles. The highest BCUT2D eigenvalue weighted by atomic mass is 32.1. The fourth-order valence-electron chi connectivity index (χ4n) is 2.20. The Labute approximate surface area is 122 Å². The van der Waals surface area contributed by atoms with Gasteiger partial charge >= 0.3 is 0 Å². The van der Waals surface area contributed by atoms with Gasteiger partial charge in [0.15, 0.2) is 0 Å². The molecule has 2 rings (SSSR count). The van der Waals surface area contributed by atoms with Crippen LogP contribution in [-0.4, -0.2) is 18.0 Å². The number of thiophene rings is 1. The van der Waals surface area contributed by atoms with Gasteiger partial charge in [0, 0.05) is 11.2 Å². The van der Waals surface area contributed by atoms with E-state index in [2.05, 4.69) is 5.32 Å². The standard InChI is InChI=1S/C15H19FN2OS/c1-3-15(4-2,9-17)18-14(19)13-8-10-7-11(16)5-6-12(10)20-13/h5-8H,3-4,9,17H2,1-2H3,(H,18,19). The quantitative estimate of drug-likeness (QED) is 0.889. The summed E-state index contributed by atoms with van der Waals surface area (Å²) in [5.41, 5.74) is 5.43. The number of hydrogen-bond donors (Lipinski definition) is 2. The van der Waals surface area contributed by atoms with Gasteiger partial charge in [-0.05, 0) is 42.5 Å². The summed E-state index contributed by atoms with van der Waals surface area (Å²) >= 11 is 1.37. The summed E-state index contributed by atoms with van der Waals surface area (Å²) in [4.78, 5) is 12.9. The van der Waals surface area contributed by atoms with Crippen LogP contribution in [0.15, 0.2) is 24.3 Å². The first kappa shape index (κ1) is 14.9. The van der Waals surface area contributed by atoms with Gasteiger partial charge in [-0.25, -0.2) is 4.39 Å². The summed E-state index contributed by atoms with van der Waals surface area (Å²) in [6.07, 6.45) is 1.57. The van der Waals surface area contributed by atoms with Gasteiger partial charge in [-0.2, -0.15) is 0 Å². The van der Waals surface area contributed by atoms with Crippen molar-refractivity contribution in [2.75, 3.05) is 6.54 Å². The van der Waals surface area contributed by atoms with Gasteiger partial charge in [0.2, 0.25) is 0 Å². The number of rotatable bonds is 5. The molecule has 1 amide bonds. The monoisotopic (exact) mass is 294 g/mol. The second kappa shape index (κ2) is 5.89. The minimum atomic E-state index is -0.363. The van der Waals surface area contributed by atoms with Crippen LogP contribution in [0.5, 0.6) is 0 Å². The molecule has 0 saturated carbocycles. The Morgan fingerprint density at radius 3 is 2.65 bits per heavy atom. The molecule has 0 spiro atoms. The van der Waals surface area contributed by atoms with Gasteiger partial charge in [0.25, 0.3) is 5.91 Å². The number of benzene rings is 1. The van der Waals surface area contributed by atoms with E-state index in [0.717, 1.165) is 22.9 Å². The van der Waals surface area contributed by atoms with Gasteiger partial charge in [-0.15, -0.1) is 11.3 Å². The van der Waals surface area contributed by atoms with Crippen molar-refractivity contribution in [2.24, 2.45) is 5.73 Å². The van der Waals surface area contributed by atoms with Crippen LogP contribution in [0.2, 0.25) is 0 Å². The number of carbonyl (C=O) groups excluding carboxylic acids is 1. The first-order chi connectivity index (χ1) is 9.53. The van der Waals surface area contributed by atoms with Crippen LogP contribution in [0.25, 0.3) is 10.1 Å². The molecule has 0 aliphatic carbocycles. The van der Waals surface area contributed by atoms with Crippen LogP contribution in [-0.2, 0) is 0 Å². The largest absolute Gasteiger partial charge is 0.345 e. The second-order valence-corrected chi connectivity index (χ2v) is 6.02. The molecule has 0 unspecified atom stereocenters. The number of fused-ring (bicyclic) bond motifs is 1. The lowest BCUT2D eigenvalue weighted by molar-refractivity contribution is 0.0899. The van der Waals surface area contributed by atoms with Crippen LogP contribution in [0.1, 0.15) is 36.4 Å². The first-order valence-electron chi connectivity index (χ1n) is 6.75. The van der Waals surface area contributed by atoms with Crippen molar-refractivity contribution in [1.29, 1.82) is 0 Å². The SMILES string of the molecule is CCC(CC)(CN)NC(=O)c1cc2cc(F)ccc2s1. The Bertz CT molecular complexity index is 611. The molecule has 108 valence electrons. The molecule has 0 atom stereocenters. The summed E-state index contributed by atoms with van der Waals surface area (Å²) in [7, 11) is 0. The molecule has 1 heterocycles. The van der Waals surface area contributed by atoms with E-state index in [4.69, 9.17) is 5.73 Å². The van der Waals surface area contributed by atoms with E-state index in [1.54, 1.807) is 12.1 Å². The van der Waals surface area contributed by atoms with Crippen LogP contribution in [0, 0.1) is 5.82 Å². The summed E-state index contributed by atoms with van der Waals surface area (Å²) in [5.74, 6) is -0.429. The maximum absolute atomic E-state index is 13.2. The third kappa shape index (κ3) is 2.83. The van der Waals surface area contributed by atoms with Crippen molar-refractivity contribution in [3.05, 3.63) is 35.0 Å². The second-order valence-electron chi connectivity index (χ2n) is 4.94. The van der Waals surface area contributed by atoms with E-state index in [1.807, 2.05) is 13.8 Å². The molecule has 1 aromatic carbocycles. The molecular weight excluding hydrogens is 275 g/mol. The molecule has 2 aromatic rings. The number of amides is 1. The van der Waals surface area contributed by atoms with E-state index in [-0.39, 0.29) is 17.3 Å². The van der Waals surface area contributed by atoms with Crippen molar-refractivity contribution in [3.63, 3.8) is 0 Å². The highest BCUT2D eigenvalue weighted by Gasteiger charge is 2.27.